The minimum absolute atomic E-state index is 0.0583. The summed E-state index contributed by atoms with van der Waals surface area (Å²) in [5, 5.41) is 18.9. The van der Waals surface area contributed by atoms with Gasteiger partial charge in [0.1, 0.15) is 17.7 Å². The summed E-state index contributed by atoms with van der Waals surface area (Å²) in [5.74, 6) is 1.99. The Balaban J connectivity index is 1.34. The van der Waals surface area contributed by atoms with Crippen LogP contribution in [0.3, 0.4) is 0 Å². The van der Waals surface area contributed by atoms with Crippen LogP contribution < -0.4 is 10.2 Å². The van der Waals surface area contributed by atoms with Gasteiger partial charge in [0.25, 0.3) is 0 Å². The average molecular weight is 414 g/mol. The molecule has 0 spiro atoms. The maximum absolute atomic E-state index is 9.70. The SMILES string of the molecule is OCC1CCCN1c1nc(Nc2cn(-c3ccc4cc[nH]c4c3)cn2)c2cccn2n1. The fraction of sp³-hybridized carbons (Fsp3) is 0.227. The monoisotopic (exact) mass is 414 g/mol. The molecular weight excluding hydrogens is 392 g/mol. The van der Waals surface area contributed by atoms with Gasteiger partial charge in [-0.3, -0.25) is 0 Å². The molecule has 0 aliphatic carbocycles. The van der Waals surface area contributed by atoms with E-state index >= 15 is 0 Å². The Hall–Kier alpha value is -3.85. The van der Waals surface area contributed by atoms with Crippen LogP contribution in [0, 0.1) is 0 Å². The minimum atomic E-state index is 0.0583. The van der Waals surface area contributed by atoms with E-state index in [4.69, 9.17) is 4.98 Å². The van der Waals surface area contributed by atoms with Crippen molar-refractivity contribution in [2.24, 2.45) is 0 Å². The van der Waals surface area contributed by atoms with E-state index in [2.05, 4.69) is 49.5 Å². The summed E-state index contributed by atoms with van der Waals surface area (Å²) in [6.07, 6.45) is 9.54. The molecule has 0 bridgehead atoms. The number of rotatable bonds is 5. The molecule has 156 valence electrons. The van der Waals surface area contributed by atoms with E-state index in [1.54, 1.807) is 6.33 Å². The first-order chi connectivity index (χ1) is 15.3. The van der Waals surface area contributed by atoms with Crippen LogP contribution in [-0.4, -0.2) is 53.4 Å². The lowest BCUT2D eigenvalue weighted by Crippen LogP contribution is -2.34. The van der Waals surface area contributed by atoms with E-state index in [0.717, 1.165) is 36.1 Å². The molecule has 6 rings (SSSR count). The van der Waals surface area contributed by atoms with Crippen LogP contribution in [0.5, 0.6) is 0 Å². The Kier molecular flexibility index (Phi) is 4.13. The number of nitrogens with one attached hydrogen (secondary N) is 2. The van der Waals surface area contributed by atoms with Gasteiger partial charge in [-0.2, -0.15) is 4.98 Å². The second-order valence-corrected chi connectivity index (χ2v) is 7.81. The van der Waals surface area contributed by atoms with E-state index < -0.39 is 0 Å². The Labute approximate surface area is 178 Å². The van der Waals surface area contributed by atoms with Crippen molar-refractivity contribution in [2.75, 3.05) is 23.4 Å². The molecule has 9 nitrogen and oxygen atoms in total. The molecule has 9 heteroatoms. The molecule has 5 aromatic rings. The van der Waals surface area contributed by atoms with E-state index in [1.807, 2.05) is 39.8 Å². The number of aromatic nitrogens is 6. The van der Waals surface area contributed by atoms with Crippen molar-refractivity contribution >= 4 is 34.0 Å². The number of aliphatic hydroxyl groups excluding tert-OH is 1. The van der Waals surface area contributed by atoms with E-state index in [9.17, 15) is 5.11 Å². The molecule has 1 saturated heterocycles. The molecule has 1 aliphatic rings. The second-order valence-electron chi connectivity index (χ2n) is 7.81. The summed E-state index contributed by atoms with van der Waals surface area (Å²) in [6, 6.07) is 12.3. The molecule has 0 amide bonds. The molecule has 1 atom stereocenters. The van der Waals surface area contributed by atoms with E-state index in [0.29, 0.717) is 17.6 Å². The van der Waals surface area contributed by atoms with Crippen LogP contribution >= 0.6 is 0 Å². The molecule has 5 heterocycles. The molecule has 0 saturated carbocycles. The van der Waals surface area contributed by atoms with Crippen LogP contribution in [0.4, 0.5) is 17.6 Å². The first-order valence-corrected chi connectivity index (χ1v) is 10.4. The lowest BCUT2D eigenvalue weighted by atomic mass is 10.2. The first-order valence-electron chi connectivity index (χ1n) is 10.4. The molecular formula is C22H22N8O. The average Bonchev–Trinajstić information content (AvgIpc) is 3.59. The van der Waals surface area contributed by atoms with E-state index in [1.165, 1.54) is 5.39 Å². The summed E-state index contributed by atoms with van der Waals surface area (Å²) in [6.45, 7) is 0.943. The predicted octanol–water partition coefficient (Wildman–Crippen LogP) is 3.10. The Morgan fingerprint density at radius 1 is 1.23 bits per heavy atom. The molecule has 1 unspecified atom stereocenters. The Morgan fingerprint density at radius 2 is 2.19 bits per heavy atom. The van der Waals surface area contributed by atoms with Gasteiger partial charge in [-0.15, -0.1) is 5.10 Å². The predicted molar refractivity (Wildman–Crippen MR) is 119 cm³/mol. The van der Waals surface area contributed by atoms with Crippen molar-refractivity contribution in [3.8, 4) is 5.69 Å². The molecule has 0 radical (unpaired) electrons. The molecule has 1 aromatic carbocycles. The summed E-state index contributed by atoms with van der Waals surface area (Å²) >= 11 is 0. The number of fused-ring (bicyclic) bond motifs is 2. The van der Waals surface area contributed by atoms with Gasteiger partial charge in [0.05, 0.1) is 18.8 Å². The van der Waals surface area contributed by atoms with Crippen molar-refractivity contribution in [1.29, 1.82) is 0 Å². The number of hydrogen-bond donors (Lipinski definition) is 3. The van der Waals surface area contributed by atoms with Gasteiger partial charge < -0.3 is 24.9 Å². The van der Waals surface area contributed by atoms with Gasteiger partial charge >= 0.3 is 0 Å². The molecule has 4 aromatic heterocycles. The number of imidazole rings is 1. The van der Waals surface area contributed by atoms with Crippen LogP contribution in [0.2, 0.25) is 0 Å². The third-order valence-electron chi connectivity index (χ3n) is 5.89. The number of hydrogen-bond acceptors (Lipinski definition) is 6. The van der Waals surface area contributed by atoms with Gasteiger partial charge in [0.2, 0.25) is 5.95 Å². The lowest BCUT2D eigenvalue weighted by Gasteiger charge is -2.23. The maximum Gasteiger partial charge on any atom is 0.245 e. The highest BCUT2D eigenvalue weighted by atomic mass is 16.3. The van der Waals surface area contributed by atoms with Gasteiger partial charge in [0.15, 0.2) is 5.82 Å². The van der Waals surface area contributed by atoms with Crippen molar-refractivity contribution in [3.63, 3.8) is 0 Å². The highest BCUT2D eigenvalue weighted by Crippen LogP contribution is 2.27. The van der Waals surface area contributed by atoms with Crippen molar-refractivity contribution in [1.82, 2.24) is 29.1 Å². The van der Waals surface area contributed by atoms with Crippen LogP contribution in [0.15, 0.2) is 61.3 Å². The Bertz CT molecular complexity index is 1370. The number of benzene rings is 1. The highest BCUT2D eigenvalue weighted by Gasteiger charge is 2.27. The Morgan fingerprint density at radius 3 is 3.13 bits per heavy atom. The lowest BCUT2D eigenvalue weighted by molar-refractivity contribution is 0.265. The third-order valence-corrected chi connectivity index (χ3v) is 5.89. The summed E-state index contributed by atoms with van der Waals surface area (Å²) < 4.78 is 3.79. The zero-order valence-corrected chi connectivity index (χ0v) is 16.8. The first kappa shape index (κ1) is 18.0. The molecule has 3 N–H and O–H groups in total. The minimum Gasteiger partial charge on any atom is -0.394 e. The fourth-order valence-corrected chi connectivity index (χ4v) is 4.27. The van der Waals surface area contributed by atoms with Crippen LogP contribution in [0.25, 0.3) is 22.1 Å². The van der Waals surface area contributed by atoms with Gasteiger partial charge in [-0.05, 0) is 48.6 Å². The van der Waals surface area contributed by atoms with Gasteiger partial charge in [-0.25, -0.2) is 9.50 Å². The molecule has 31 heavy (non-hydrogen) atoms. The fourth-order valence-electron chi connectivity index (χ4n) is 4.27. The normalized spacial score (nSPS) is 16.5. The summed E-state index contributed by atoms with van der Waals surface area (Å²) in [7, 11) is 0. The largest absolute Gasteiger partial charge is 0.394 e. The topological polar surface area (TPSA) is 99.3 Å². The van der Waals surface area contributed by atoms with Gasteiger partial charge in [0, 0.05) is 30.1 Å². The van der Waals surface area contributed by atoms with Crippen molar-refractivity contribution in [3.05, 3.63) is 61.3 Å². The van der Waals surface area contributed by atoms with Crippen molar-refractivity contribution < 1.29 is 5.11 Å². The highest BCUT2D eigenvalue weighted by molar-refractivity contribution is 5.81. The standard InChI is InChI=1S/C22H22N8O/c31-13-17-3-1-9-29(17)22-26-21(19-4-2-10-30(19)27-22)25-20-12-28(14-24-20)16-6-5-15-7-8-23-18(15)11-16/h2,4-8,10-12,14,17,23,31H,1,3,9,13H2,(H,25,26,27). The molecule has 1 fully saturated rings. The summed E-state index contributed by atoms with van der Waals surface area (Å²) in [4.78, 5) is 14.6. The number of aromatic amines is 1. The van der Waals surface area contributed by atoms with E-state index in [-0.39, 0.29) is 12.6 Å². The van der Waals surface area contributed by atoms with Gasteiger partial charge in [-0.1, -0.05) is 6.07 Å². The number of nitrogens with zero attached hydrogens (tertiary/aromatic N) is 6. The zero-order chi connectivity index (χ0) is 20.8. The number of aliphatic hydroxyl groups is 1. The number of anilines is 3. The quantitative estimate of drug-likeness (QED) is 0.409. The van der Waals surface area contributed by atoms with Crippen LogP contribution in [0.1, 0.15) is 12.8 Å². The number of H-pyrrole nitrogens is 1. The second kappa shape index (κ2) is 7.13. The third kappa shape index (κ3) is 3.10. The van der Waals surface area contributed by atoms with Crippen LogP contribution in [-0.2, 0) is 0 Å². The smallest absolute Gasteiger partial charge is 0.245 e. The zero-order valence-electron chi connectivity index (χ0n) is 16.8. The maximum atomic E-state index is 9.70. The molecule has 1 aliphatic heterocycles. The summed E-state index contributed by atoms with van der Waals surface area (Å²) in [5.41, 5.74) is 2.97. The van der Waals surface area contributed by atoms with Crippen molar-refractivity contribution in [2.45, 2.75) is 18.9 Å².